The molecule has 0 saturated heterocycles. The highest BCUT2D eigenvalue weighted by atomic mass is 16.6. The smallest absolute Gasteiger partial charge is 0.366 e. The van der Waals surface area contributed by atoms with Crippen molar-refractivity contribution < 1.29 is 14.8 Å². The highest BCUT2D eigenvalue weighted by Crippen LogP contribution is 2.27. The number of carbonyl (C=O) groups is 1. The first kappa shape index (κ1) is 12.9. The predicted octanol–water partition coefficient (Wildman–Crippen LogP) is 1.01. The summed E-state index contributed by atoms with van der Waals surface area (Å²) in [5.74, 6) is -1.16. The van der Waals surface area contributed by atoms with Crippen LogP contribution >= 0.6 is 0 Å². The number of aliphatic carboxylic acids is 1. The minimum atomic E-state index is -0.943. The minimum absolute atomic E-state index is 0.0871. The summed E-state index contributed by atoms with van der Waals surface area (Å²) in [6.45, 7) is 3.97. The van der Waals surface area contributed by atoms with Crippen molar-refractivity contribution in [1.29, 1.82) is 0 Å². The van der Waals surface area contributed by atoms with Crippen LogP contribution in [0.4, 0.5) is 11.5 Å². The van der Waals surface area contributed by atoms with Crippen molar-refractivity contribution in [2.45, 2.75) is 26.3 Å². The molecule has 8 nitrogen and oxygen atoms in total. The van der Waals surface area contributed by atoms with Crippen molar-refractivity contribution in [2.24, 2.45) is 0 Å². The van der Waals surface area contributed by atoms with E-state index in [9.17, 15) is 14.9 Å². The molecule has 1 unspecified atom stereocenters. The Labute approximate surface area is 97.4 Å². The fraction of sp³-hybridized carbons (Fsp3) is 0.556. The molecule has 0 aliphatic rings. The molecule has 17 heavy (non-hydrogen) atoms. The van der Waals surface area contributed by atoms with E-state index >= 15 is 0 Å². The van der Waals surface area contributed by atoms with Gasteiger partial charge in [-0.3, -0.25) is 4.79 Å². The summed E-state index contributed by atoms with van der Waals surface area (Å²) in [4.78, 5) is 22.4. The van der Waals surface area contributed by atoms with Crippen LogP contribution < -0.4 is 4.90 Å². The lowest BCUT2D eigenvalue weighted by atomic mass is 10.2. The molecule has 0 spiro atoms. The number of nitrogens with zero attached hydrogens (tertiary/aromatic N) is 3. The molecule has 8 heteroatoms. The van der Waals surface area contributed by atoms with Crippen LogP contribution in [-0.2, 0) is 4.79 Å². The van der Waals surface area contributed by atoms with Gasteiger partial charge in [0.1, 0.15) is 6.20 Å². The molecule has 0 amide bonds. The largest absolute Gasteiger partial charge is 0.481 e. The number of carboxylic acids is 1. The van der Waals surface area contributed by atoms with E-state index in [1.807, 2.05) is 0 Å². The Balaban J connectivity index is 2.96. The van der Waals surface area contributed by atoms with Crippen LogP contribution in [0.25, 0.3) is 0 Å². The fourth-order valence-electron chi connectivity index (χ4n) is 1.70. The number of H-pyrrole nitrogens is 1. The van der Waals surface area contributed by atoms with E-state index in [0.717, 1.165) is 0 Å². The van der Waals surface area contributed by atoms with Crippen molar-refractivity contribution in [3.05, 3.63) is 16.3 Å². The van der Waals surface area contributed by atoms with Gasteiger partial charge in [0, 0.05) is 12.6 Å². The van der Waals surface area contributed by atoms with E-state index in [2.05, 4.69) is 10.2 Å². The second kappa shape index (κ2) is 5.28. The molecule has 0 aliphatic heterocycles. The monoisotopic (exact) mass is 242 g/mol. The quantitative estimate of drug-likeness (QED) is 0.568. The molecule has 1 atom stereocenters. The predicted molar refractivity (Wildman–Crippen MR) is 60.0 cm³/mol. The lowest BCUT2D eigenvalue weighted by molar-refractivity contribution is -0.388. The van der Waals surface area contributed by atoms with Gasteiger partial charge >= 0.3 is 11.8 Å². The van der Waals surface area contributed by atoms with Crippen LogP contribution in [0.2, 0.25) is 0 Å². The summed E-state index contributed by atoms with van der Waals surface area (Å²) < 4.78 is 0. The summed E-state index contributed by atoms with van der Waals surface area (Å²) in [6, 6.07) is -0.339. The van der Waals surface area contributed by atoms with E-state index < -0.39 is 10.9 Å². The molecule has 94 valence electrons. The third-order valence-electron chi connectivity index (χ3n) is 2.43. The standard InChI is InChI=1S/C9H14N4O4/c1-3-12(6(2)4-8(14)15)7-5-10-11-9(7)13(16)17/h5-6H,3-4H2,1-2H3,(H,10,11)(H,14,15). The van der Waals surface area contributed by atoms with Crippen LogP contribution in [0.1, 0.15) is 20.3 Å². The molecule has 1 heterocycles. The number of carboxylic acid groups (broad SMARTS) is 1. The van der Waals surface area contributed by atoms with Crippen molar-refractivity contribution in [3.63, 3.8) is 0 Å². The van der Waals surface area contributed by atoms with E-state index in [4.69, 9.17) is 5.11 Å². The van der Waals surface area contributed by atoms with E-state index in [-0.39, 0.29) is 18.3 Å². The molecule has 1 rings (SSSR count). The molecule has 0 fully saturated rings. The van der Waals surface area contributed by atoms with E-state index in [1.165, 1.54) is 6.20 Å². The SMILES string of the molecule is CCN(c1cn[nH]c1[N+](=O)[O-])C(C)CC(=O)O. The van der Waals surface area contributed by atoms with Gasteiger partial charge in [0.2, 0.25) is 0 Å². The second-order valence-corrected chi connectivity index (χ2v) is 3.59. The molecule has 0 saturated carbocycles. The van der Waals surface area contributed by atoms with E-state index in [1.54, 1.807) is 18.7 Å². The van der Waals surface area contributed by atoms with Crippen LogP contribution in [-0.4, -0.2) is 38.8 Å². The van der Waals surface area contributed by atoms with Crippen molar-refractivity contribution >= 4 is 17.5 Å². The Morgan fingerprint density at radius 1 is 1.76 bits per heavy atom. The van der Waals surface area contributed by atoms with Crippen LogP contribution in [0.5, 0.6) is 0 Å². The molecule has 0 aromatic carbocycles. The fourth-order valence-corrected chi connectivity index (χ4v) is 1.70. The number of aromatic nitrogens is 2. The topological polar surface area (TPSA) is 112 Å². The van der Waals surface area contributed by atoms with Crippen molar-refractivity contribution in [2.75, 3.05) is 11.4 Å². The Kier molecular flexibility index (Phi) is 4.02. The molecular formula is C9H14N4O4. The second-order valence-electron chi connectivity index (χ2n) is 3.59. The Morgan fingerprint density at radius 3 is 2.88 bits per heavy atom. The average molecular weight is 242 g/mol. The summed E-state index contributed by atoms with van der Waals surface area (Å²) in [5, 5.41) is 25.4. The minimum Gasteiger partial charge on any atom is -0.481 e. The van der Waals surface area contributed by atoms with Crippen LogP contribution in [0.15, 0.2) is 6.20 Å². The summed E-state index contributed by atoms with van der Waals surface area (Å²) in [5.41, 5.74) is 0.311. The zero-order chi connectivity index (χ0) is 13.0. The van der Waals surface area contributed by atoms with Gasteiger partial charge in [-0.05, 0) is 18.8 Å². The Bertz CT molecular complexity index is 417. The van der Waals surface area contributed by atoms with E-state index in [0.29, 0.717) is 12.2 Å². The molecular weight excluding hydrogens is 228 g/mol. The first-order valence-corrected chi connectivity index (χ1v) is 5.13. The number of nitrogens with one attached hydrogen (secondary N) is 1. The summed E-state index contributed by atoms with van der Waals surface area (Å²) in [7, 11) is 0. The molecule has 0 aliphatic carbocycles. The first-order chi connectivity index (χ1) is 7.97. The molecule has 0 bridgehead atoms. The van der Waals surface area contributed by atoms with Gasteiger partial charge in [-0.15, -0.1) is 5.10 Å². The molecule has 1 aromatic rings. The zero-order valence-corrected chi connectivity index (χ0v) is 9.58. The maximum atomic E-state index is 10.7. The van der Waals surface area contributed by atoms with Crippen LogP contribution in [0.3, 0.4) is 0 Å². The number of hydrogen-bond donors (Lipinski definition) is 2. The van der Waals surface area contributed by atoms with Gasteiger partial charge in [-0.2, -0.15) is 0 Å². The van der Waals surface area contributed by atoms with Gasteiger partial charge in [-0.25, -0.2) is 0 Å². The first-order valence-electron chi connectivity index (χ1n) is 5.13. The number of aromatic amines is 1. The highest BCUT2D eigenvalue weighted by molar-refractivity contribution is 5.69. The Morgan fingerprint density at radius 2 is 2.41 bits per heavy atom. The number of hydrogen-bond acceptors (Lipinski definition) is 5. The maximum absolute atomic E-state index is 10.7. The zero-order valence-electron chi connectivity index (χ0n) is 9.58. The highest BCUT2D eigenvalue weighted by Gasteiger charge is 2.24. The van der Waals surface area contributed by atoms with Crippen LogP contribution in [0, 0.1) is 10.1 Å². The van der Waals surface area contributed by atoms with Gasteiger partial charge < -0.3 is 20.1 Å². The van der Waals surface area contributed by atoms with Gasteiger partial charge in [0.15, 0.2) is 5.69 Å². The van der Waals surface area contributed by atoms with Gasteiger partial charge in [-0.1, -0.05) is 5.10 Å². The maximum Gasteiger partial charge on any atom is 0.366 e. The molecule has 1 aromatic heterocycles. The normalized spacial score (nSPS) is 12.1. The number of anilines is 1. The third kappa shape index (κ3) is 2.92. The summed E-state index contributed by atoms with van der Waals surface area (Å²) >= 11 is 0. The van der Waals surface area contributed by atoms with Gasteiger partial charge in [0.25, 0.3) is 0 Å². The third-order valence-corrected chi connectivity index (χ3v) is 2.43. The van der Waals surface area contributed by atoms with Crippen molar-refractivity contribution in [3.8, 4) is 0 Å². The summed E-state index contributed by atoms with van der Waals surface area (Å²) in [6.07, 6.45) is 1.25. The number of nitro groups is 1. The lowest BCUT2D eigenvalue weighted by Crippen LogP contribution is -2.34. The number of rotatable bonds is 6. The average Bonchev–Trinajstić information content (AvgIpc) is 2.66. The molecule has 2 N–H and O–H groups in total. The molecule has 0 radical (unpaired) electrons. The van der Waals surface area contributed by atoms with Gasteiger partial charge in [0.05, 0.1) is 6.42 Å². The van der Waals surface area contributed by atoms with Crippen molar-refractivity contribution in [1.82, 2.24) is 10.2 Å². The Hall–Kier alpha value is -2.12. The lowest BCUT2D eigenvalue weighted by Gasteiger charge is -2.26.